The van der Waals surface area contributed by atoms with Gasteiger partial charge in [0.1, 0.15) is 6.17 Å². The Bertz CT molecular complexity index is 1970. The van der Waals surface area contributed by atoms with E-state index >= 15 is 0 Å². The highest BCUT2D eigenvalue weighted by molar-refractivity contribution is 6.06. The molecule has 1 aliphatic rings. The van der Waals surface area contributed by atoms with Crippen LogP contribution in [-0.2, 0) is 0 Å². The van der Waals surface area contributed by atoms with Crippen LogP contribution in [0, 0.1) is 0 Å². The number of allylic oxidation sites excluding steroid dienone is 3. The van der Waals surface area contributed by atoms with E-state index in [0.717, 1.165) is 24.9 Å². The minimum atomic E-state index is -0.218. The van der Waals surface area contributed by atoms with Gasteiger partial charge in [0.25, 0.3) is 0 Å². The molecule has 0 aromatic heterocycles. The number of aliphatic imine (C=N–C) groups is 1. The van der Waals surface area contributed by atoms with Crippen molar-refractivity contribution < 1.29 is 0 Å². The van der Waals surface area contributed by atoms with Crippen molar-refractivity contribution in [2.24, 2.45) is 4.99 Å². The Hall–Kier alpha value is -5.05. The summed E-state index contributed by atoms with van der Waals surface area (Å²) in [5, 5.41) is 8.71. The second-order valence-electron chi connectivity index (χ2n) is 11.1. The number of rotatable bonds is 8. The van der Waals surface area contributed by atoms with E-state index in [1.54, 1.807) is 0 Å². The number of benzene rings is 6. The lowest BCUT2D eigenvalue weighted by atomic mass is 9.94. The maximum Gasteiger partial charge on any atom is 0.126 e. The highest BCUT2D eigenvalue weighted by Crippen LogP contribution is 2.34. The number of fused-ring (bicyclic) bond motifs is 2. The van der Waals surface area contributed by atoms with E-state index in [4.69, 9.17) is 4.99 Å². The molecule has 6 aromatic carbocycles. The van der Waals surface area contributed by atoms with E-state index in [2.05, 4.69) is 163 Å². The van der Waals surface area contributed by atoms with Gasteiger partial charge in [-0.1, -0.05) is 157 Å². The molecular weight excluding hydrogens is 520 g/mol. The zero-order chi connectivity index (χ0) is 28.8. The molecule has 208 valence electrons. The highest BCUT2D eigenvalue weighted by atomic mass is 15.1. The predicted octanol–water partition coefficient (Wildman–Crippen LogP) is 10.3. The molecule has 0 fully saturated rings. The van der Waals surface area contributed by atoms with Crippen molar-refractivity contribution in [1.82, 2.24) is 5.32 Å². The quantitative estimate of drug-likeness (QED) is 0.186. The second-order valence-corrected chi connectivity index (χ2v) is 11.1. The molecule has 1 atom stereocenters. The molecular formula is C41H34N2. The van der Waals surface area contributed by atoms with Crippen LogP contribution in [0.1, 0.15) is 30.1 Å². The summed E-state index contributed by atoms with van der Waals surface area (Å²) >= 11 is 0. The van der Waals surface area contributed by atoms with Crippen LogP contribution in [0.4, 0.5) is 0 Å². The fourth-order valence-corrected chi connectivity index (χ4v) is 6.17. The molecule has 0 radical (unpaired) electrons. The smallest absolute Gasteiger partial charge is 0.126 e. The monoisotopic (exact) mass is 554 g/mol. The fraction of sp³-hybridized carbons (Fsp3) is 0.0976. The Morgan fingerprint density at radius 3 is 2.12 bits per heavy atom. The van der Waals surface area contributed by atoms with E-state index in [9.17, 15) is 0 Å². The second kappa shape index (κ2) is 12.4. The van der Waals surface area contributed by atoms with Gasteiger partial charge in [0.2, 0.25) is 0 Å². The topological polar surface area (TPSA) is 24.4 Å². The lowest BCUT2D eigenvalue weighted by Crippen LogP contribution is -2.23. The van der Waals surface area contributed by atoms with E-state index in [1.165, 1.54) is 54.9 Å². The zero-order valence-electron chi connectivity index (χ0n) is 24.2. The minimum absolute atomic E-state index is 0.218. The first-order valence-corrected chi connectivity index (χ1v) is 15.1. The van der Waals surface area contributed by atoms with Crippen molar-refractivity contribution in [2.75, 3.05) is 6.54 Å². The first kappa shape index (κ1) is 26.8. The third-order valence-electron chi connectivity index (χ3n) is 8.37. The van der Waals surface area contributed by atoms with E-state index in [-0.39, 0.29) is 6.17 Å². The van der Waals surface area contributed by atoms with Gasteiger partial charge in [0.15, 0.2) is 0 Å². The molecule has 7 rings (SSSR count). The van der Waals surface area contributed by atoms with Crippen LogP contribution >= 0.6 is 0 Å². The van der Waals surface area contributed by atoms with Crippen molar-refractivity contribution in [3.05, 3.63) is 168 Å². The summed E-state index contributed by atoms with van der Waals surface area (Å²) in [5.41, 5.74) is 8.57. The zero-order valence-corrected chi connectivity index (χ0v) is 24.2. The molecule has 0 bridgehead atoms. The van der Waals surface area contributed by atoms with E-state index < -0.39 is 0 Å². The summed E-state index contributed by atoms with van der Waals surface area (Å²) in [6.07, 6.45) is 10.7. The molecule has 43 heavy (non-hydrogen) atoms. The van der Waals surface area contributed by atoms with Crippen molar-refractivity contribution in [3.63, 3.8) is 0 Å². The van der Waals surface area contributed by atoms with Crippen LogP contribution < -0.4 is 5.32 Å². The summed E-state index contributed by atoms with van der Waals surface area (Å²) in [5.74, 6) is 0. The number of nitrogens with one attached hydrogen (secondary N) is 1. The van der Waals surface area contributed by atoms with Gasteiger partial charge in [-0.3, -0.25) is 10.3 Å². The Kier molecular flexibility index (Phi) is 7.76. The molecule has 2 heteroatoms. The average molecular weight is 555 g/mol. The van der Waals surface area contributed by atoms with Crippen molar-refractivity contribution >= 4 is 27.8 Å². The molecule has 2 nitrogen and oxygen atoms in total. The molecule has 6 aromatic rings. The molecule has 1 N–H and O–H groups in total. The lowest BCUT2D eigenvalue weighted by Gasteiger charge is -2.20. The van der Waals surface area contributed by atoms with E-state index in [1.807, 2.05) is 0 Å². The minimum Gasteiger partial charge on any atom is -0.288 e. The summed E-state index contributed by atoms with van der Waals surface area (Å²) < 4.78 is 0. The SMILES string of the molecule is C1=CCCC(CNC(N=Cc2c(-c3ccccc3)ccc3ccccc23)c2cccc3c(-c4ccccc4)cccc23)=C1. The lowest BCUT2D eigenvalue weighted by molar-refractivity contribution is 0.582. The Morgan fingerprint density at radius 2 is 1.33 bits per heavy atom. The van der Waals surface area contributed by atoms with Crippen LogP contribution in [0.3, 0.4) is 0 Å². The largest absolute Gasteiger partial charge is 0.288 e. The van der Waals surface area contributed by atoms with Gasteiger partial charge in [0, 0.05) is 18.3 Å². The molecule has 0 spiro atoms. The highest BCUT2D eigenvalue weighted by Gasteiger charge is 2.16. The van der Waals surface area contributed by atoms with Crippen molar-refractivity contribution in [2.45, 2.75) is 19.0 Å². The van der Waals surface area contributed by atoms with Gasteiger partial charge in [-0.15, -0.1) is 0 Å². The van der Waals surface area contributed by atoms with Gasteiger partial charge >= 0.3 is 0 Å². The van der Waals surface area contributed by atoms with Gasteiger partial charge in [-0.25, -0.2) is 0 Å². The molecule has 0 aliphatic heterocycles. The maximum absolute atomic E-state index is 5.36. The summed E-state index contributed by atoms with van der Waals surface area (Å²) in [6.45, 7) is 0.794. The predicted molar refractivity (Wildman–Crippen MR) is 184 cm³/mol. The normalized spacial score (nSPS) is 13.9. The molecule has 1 aliphatic carbocycles. The van der Waals surface area contributed by atoms with Gasteiger partial charge in [0.05, 0.1) is 0 Å². The van der Waals surface area contributed by atoms with Crippen LogP contribution in [0.5, 0.6) is 0 Å². The Balaban J connectivity index is 1.36. The van der Waals surface area contributed by atoms with Gasteiger partial charge in [-0.2, -0.15) is 0 Å². The van der Waals surface area contributed by atoms with Crippen LogP contribution in [0.15, 0.2) is 162 Å². The standard InChI is InChI=1S/C41H34N2/c1-4-14-30(15-5-1)28-42-41(39-25-13-23-37-34(22-12-24-38(37)39)31-16-6-2-7-17-31)43-29-40-35-21-11-10-20-33(35)26-27-36(40)32-18-8-3-9-19-32/h1-4,6-14,16-27,29,41-42H,5,15,28H2. The molecule has 1 unspecified atom stereocenters. The number of nitrogens with zero attached hydrogens (tertiary/aromatic N) is 1. The van der Waals surface area contributed by atoms with Crippen LogP contribution in [0.25, 0.3) is 43.8 Å². The fourth-order valence-electron chi connectivity index (χ4n) is 6.17. The molecule has 0 heterocycles. The van der Waals surface area contributed by atoms with Crippen LogP contribution in [0.2, 0.25) is 0 Å². The van der Waals surface area contributed by atoms with Gasteiger partial charge in [-0.05, 0) is 62.2 Å². The van der Waals surface area contributed by atoms with Crippen molar-refractivity contribution in [3.8, 4) is 22.3 Å². The maximum atomic E-state index is 5.36. The summed E-state index contributed by atoms with van der Waals surface area (Å²) in [7, 11) is 0. The summed E-state index contributed by atoms with van der Waals surface area (Å²) in [4.78, 5) is 5.36. The van der Waals surface area contributed by atoms with Crippen molar-refractivity contribution in [1.29, 1.82) is 0 Å². The third kappa shape index (κ3) is 5.70. The molecule has 0 saturated heterocycles. The molecule has 0 saturated carbocycles. The van der Waals surface area contributed by atoms with Crippen LogP contribution in [-0.4, -0.2) is 12.8 Å². The Morgan fingerprint density at radius 1 is 0.628 bits per heavy atom. The summed E-state index contributed by atoms with van der Waals surface area (Å²) in [6, 6.07) is 47.5. The number of hydrogen-bond donors (Lipinski definition) is 1. The first-order valence-electron chi connectivity index (χ1n) is 15.1. The molecule has 0 amide bonds. The van der Waals surface area contributed by atoms with E-state index in [0.29, 0.717) is 0 Å². The average Bonchev–Trinajstić information content (AvgIpc) is 3.09. The van der Waals surface area contributed by atoms with Gasteiger partial charge < -0.3 is 0 Å². The number of hydrogen-bond acceptors (Lipinski definition) is 2. The third-order valence-corrected chi connectivity index (χ3v) is 8.37. The Labute approximate surface area is 253 Å². The first-order chi connectivity index (χ1) is 21.3.